The first-order valence-electron chi connectivity index (χ1n) is 6.10. The average Bonchev–Trinajstić information content (AvgIpc) is 2.33. The zero-order valence-corrected chi connectivity index (χ0v) is 11.5. The van der Waals surface area contributed by atoms with Gasteiger partial charge in [-0.2, -0.15) is 0 Å². The minimum absolute atomic E-state index is 0.0144. The fourth-order valence-corrected chi connectivity index (χ4v) is 1.32. The van der Waals surface area contributed by atoms with E-state index < -0.39 is 11.7 Å². The van der Waals surface area contributed by atoms with Crippen molar-refractivity contribution >= 4 is 12.2 Å². The van der Waals surface area contributed by atoms with Gasteiger partial charge in [0.05, 0.1) is 12.3 Å². The second kappa shape index (κ2) is 6.89. The van der Waals surface area contributed by atoms with Gasteiger partial charge in [-0.1, -0.05) is 6.08 Å². The van der Waals surface area contributed by atoms with Crippen LogP contribution in [0.5, 0.6) is 0 Å². The van der Waals surface area contributed by atoms with Crippen LogP contribution < -0.4 is 5.32 Å². The van der Waals surface area contributed by atoms with Crippen LogP contribution in [0.15, 0.2) is 24.4 Å². The number of carbonyl (C=O) groups is 1. The van der Waals surface area contributed by atoms with Crippen molar-refractivity contribution in [3.05, 3.63) is 35.7 Å². The van der Waals surface area contributed by atoms with Gasteiger partial charge in [0.2, 0.25) is 0 Å². The van der Waals surface area contributed by atoms with Crippen molar-refractivity contribution in [2.24, 2.45) is 0 Å². The number of aromatic nitrogens is 1. The summed E-state index contributed by atoms with van der Waals surface area (Å²) in [5.74, 6) is 0. The number of amides is 1. The van der Waals surface area contributed by atoms with E-state index in [9.17, 15) is 4.79 Å². The summed E-state index contributed by atoms with van der Waals surface area (Å²) in [6.45, 7) is 5.78. The number of aliphatic hydroxyl groups is 1. The maximum absolute atomic E-state index is 11.4. The molecule has 1 rings (SSSR count). The summed E-state index contributed by atoms with van der Waals surface area (Å²) in [5.41, 5.74) is 1.04. The molecule has 104 valence electrons. The summed E-state index contributed by atoms with van der Waals surface area (Å²) < 4.78 is 5.09. The number of aliphatic hydroxyl groups excluding tert-OH is 1. The number of nitrogens with one attached hydrogen (secondary N) is 1. The van der Waals surface area contributed by atoms with E-state index in [1.165, 1.54) is 0 Å². The van der Waals surface area contributed by atoms with Crippen LogP contribution in [-0.4, -0.2) is 28.3 Å². The van der Waals surface area contributed by atoms with E-state index >= 15 is 0 Å². The van der Waals surface area contributed by atoms with Gasteiger partial charge in [0.15, 0.2) is 0 Å². The minimum Gasteiger partial charge on any atom is -0.444 e. The third-order valence-corrected chi connectivity index (χ3v) is 2.08. The molecule has 0 aliphatic carbocycles. The molecule has 0 spiro atoms. The molecule has 0 aromatic carbocycles. The van der Waals surface area contributed by atoms with Crippen molar-refractivity contribution in [2.45, 2.75) is 33.0 Å². The quantitative estimate of drug-likeness (QED) is 0.873. The molecule has 1 amide bonds. The zero-order valence-electron chi connectivity index (χ0n) is 11.5. The summed E-state index contributed by atoms with van der Waals surface area (Å²) in [6.07, 6.45) is 4.73. The molecule has 0 aliphatic heterocycles. The average molecular weight is 264 g/mol. The Morgan fingerprint density at radius 2 is 2.26 bits per heavy atom. The smallest absolute Gasteiger partial charge is 0.407 e. The molecule has 0 unspecified atom stereocenters. The lowest BCUT2D eigenvalue weighted by Gasteiger charge is -2.19. The van der Waals surface area contributed by atoms with Gasteiger partial charge < -0.3 is 15.2 Å². The molecule has 0 aliphatic rings. The second-order valence-electron chi connectivity index (χ2n) is 5.03. The number of hydrogen-bond donors (Lipinski definition) is 2. The molecule has 2 N–H and O–H groups in total. The summed E-state index contributed by atoms with van der Waals surface area (Å²) >= 11 is 0. The number of nitrogens with zero attached hydrogens (tertiary/aromatic N) is 1. The highest BCUT2D eigenvalue weighted by molar-refractivity contribution is 5.68. The van der Waals surface area contributed by atoms with Gasteiger partial charge in [-0.15, -0.1) is 0 Å². The van der Waals surface area contributed by atoms with Crippen molar-refractivity contribution in [3.8, 4) is 0 Å². The molecule has 19 heavy (non-hydrogen) atoms. The Kier molecular flexibility index (Phi) is 5.51. The largest absolute Gasteiger partial charge is 0.444 e. The highest BCUT2D eigenvalue weighted by atomic mass is 16.6. The minimum atomic E-state index is -0.495. The van der Waals surface area contributed by atoms with Crippen LogP contribution in [0.3, 0.4) is 0 Å². The Labute approximate surface area is 113 Å². The van der Waals surface area contributed by atoms with Gasteiger partial charge >= 0.3 is 6.09 Å². The monoisotopic (exact) mass is 264 g/mol. The van der Waals surface area contributed by atoms with Crippen LogP contribution in [-0.2, 0) is 11.3 Å². The third-order valence-electron chi connectivity index (χ3n) is 2.08. The normalized spacial score (nSPS) is 11.6. The molecule has 0 bridgehead atoms. The molecule has 0 fully saturated rings. The van der Waals surface area contributed by atoms with Gasteiger partial charge in [-0.25, -0.2) is 4.79 Å². The first-order valence-corrected chi connectivity index (χ1v) is 6.10. The molecule has 0 saturated heterocycles. The van der Waals surface area contributed by atoms with Crippen molar-refractivity contribution in [2.75, 3.05) is 6.54 Å². The third kappa shape index (κ3) is 6.57. The first kappa shape index (κ1) is 15.2. The van der Waals surface area contributed by atoms with Crippen LogP contribution in [0, 0.1) is 0 Å². The molecular weight excluding hydrogens is 244 g/mol. The van der Waals surface area contributed by atoms with Gasteiger partial charge in [-0.05, 0) is 44.5 Å². The Morgan fingerprint density at radius 1 is 1.53 bits per heavy atom. The molecule has 1 aromatic heterocycles. The van der Waals surface area contributed by atoms with Crippen molar-refractivity contribution < 1.29 is 14.6 Å². The fourth-order valence-electron chi connectivity index (χ4n) is 1.32. The van der Waals surface area contributed by atoms with Crippen LogP contribution in [0.4, 0.5) is 4.79 Å². The maximum Gasteiger partial charge on any atom is 0.407 e. The summed E-state index contributed by atoms with van der Waals surface area (Å²) in [6, 6.07) is 3.53. The van der Waals surface area contributed by atoms with E-state index in [4.69, 9.17) is 9.84 Å². The molecule has 5 heteroatoms. The topological polar surface area (TPSA) is 71.5 Å². The Bertz CT molecular complexity index is 450. The van der Waals surface area contributed by atoms with E-state index in [2.05, 4.69) is 10.3 Å². The standard InChI is InChI=1S/C14H20N2O3/c1-14(2,3)19-13(18)16-7-4-5-12-9-11(10-17)6-8-15-12/h4-6,8-9,17H,7,10H2,1-3H3,(H,16,18). The van der Waals surface area contributed by atoms with Crippen LogP contribution in [0.25, 0.3) is 6.08 Å². The highest BCUT2D eigenvalue weighted by Crippen LogP contribution is 2.06. The number of hydrogen-bond acceptors (Lipinski definition) is 4. The number of pyridine rings is 1. The molecular formula is C14H20N2O3. The maximum atomic E-state index is 11.4. The van der Waals surface area contributed by atoms with Gasteiger partial charge in [0.1, 0.15) is 5.60 Å². The Morgan fingerprint density at radius 3 is 2.89 bits per heavy atom. The van der Waals surface area contributed by atoms with Crippen LogP contribution >= 0.6 is 0 Å². The van der Waals surface area contributed by atoms with Gasteiger partial charge in [0, 0.05) is 12.7 Å². The van der Waals surface area contributed by atoms with Crippen molar-refractivity contribution in [3.63, 3.8) is 0 Å². The number of rotatable bonds is 4. The zero-order chi connectivity index (χ0) is 14.3. The number of carbonyl (C=O) groups excluding carboxylic acids is 1. The van der Waals surface area contributed by atoms with E-state index in [-0.39, 0.29) is 6.61 Å². The second-order valence-corrected chi connectivity index (χ2v) is 5.03. The number of alkyl carbamates (subject to hydrolysis) is 1. The molecule has 0 radical (unpaired) electrons. The molecule has 1 heterocycles. The first-order chi connectivity index (χ1) is 8.90. The summed E-state index contributed by atoms with van der Waals surface area (Å²) in [4.78, 5) is 15.5. The van der Waals surface area contributed by atoms with Crippen molar-refractivity contribution in [1.82, 2.24) is 10.3 Å². The highest BCUT2D eigenvalue weighted by Gasteiger charge is 2.14. The van der Waals surface area contributed by atoms with Gasteiger partial charge in [-0.3, -0.25) is 4.98 Å². The number of ether oxygens (including phenoxy) is 1. The Hall–Kier alpha value is -1.88. The van der Waals surface area contributed by atoms with E-state index in [1.807, 2.05) is 20.8 Å². The lowest BCUT2D eigenvalue weighted by molar-refractivity contribution is 0.0534. The fraction of sp³-hybridized carbons (Fsp3) is 0.429. The van der Waals surface area contributed by atoms with E-state index in [0.717, 1.165) is 11.3 Å². The lowest BCUT2D eigenvalue weighted by Crippen LogP contribution is -2.32. The molecule has 0 atom stereocenters. The van der Waals surface area contributed by atoms with Crippen LogP contribution in [0.2, 0.25) is 0 Å². The molecule has 1 aromatic rings. The predicted octanol–water partition coefficient (Wildman–Crippen LogP) is 2.11. The van der Waals surface area contributed by atoms with E-state index in [0.29, 0.717) is 6.54 Å². The summed E-state index contributed by atoms with van der Waals surface area (Å²) in [7, 11) is 0. The lowest BCUT2D eigenvalue weighted by atomic mass is 10.2. The van der Waals surface area contributed by atoms with Gasteiger partial charge in [0.25, 0.3) is 0 Å². The van der Waals surface area contributed by atoms with E-state index in [1.54, 1.807) is 30.5 Å². The van der Waals surface area contributed by atoms with Crippen LogP contribution in [0.1, 0.15) is 32.0 Å². The summed E-state index contributed by atoms with van der Waals surface area (Å²) in [5, 5.41) is 11.6. The molecule has 5 nitrogen and oxygen atoms in total. The Balaban J connectivity index is 2.40. The predicted molar refractivity (Wildman–Crippen MR) is 73.4 cm³/mol. The SMILES string of the molecule is CC(C)(C)OC(=O)NCC=Cc1cc(CO)ccn1. The molecule has 0 saturated carbocycles. The van der Waals surface area contributed by atoms with Crippen molar-refractivity contribution in [1.29, 1.82) is 0 Å².